The first kappa shape index (κ1) is 18.8. The predicted octanol–water partition coefficient (Wildman–Crippen LogP) is 4.46. The highest BCUT2D eigenvalue weighted by molar-refractivity contribution is 5.93. The zero-order valence-electron chi connectivity index (χ0n) is 16.1. The maximum Gasteiger partial charge on any atom is 0.335 e. The second kappa shape index (κ2) is 7.31. The molecular formula is C21H25N3O3. The number of carboxylic acids is 1. The number of ether oxygens (including phenoxy) is 1. The molecule has 0 spiro atoms. The first-order valence-corrected chi connectivity index (χ1v) is 9.06. The van der Waals surface area contributed by atoms with E-state index in [0.29, 0.717) is 29.9 Å². The number of nitrogen functional groups attached to an aromatic ring is 1. The van der Waals surface area contributed by atoms with Crippen LogP contribution in [0.1, 0.15) is 49.5 Å². The maximum absolute atomic E-state index is 11.2. The summed E-state index contributed by atoms with van der Waals surface area (Å²) in [6.07, 6.45) is 0. The molecule has 0 saturated heterocycles. The van der Waals surface area contributed by atoms with Crippen molar-refractivity contribution >= 4 is 23.0 Å². The number of aromatic nitrogens is 2. The molecule has 3 N–H and O–H groups in total. The van der Waals surface area contributed by atoms with E-state index < -0.39 is 5.97 Å². The fraction of sp³-hybridized carbons (Fsp3) is 0.333. The standard InChI is InChI=1S/C21H25N3O3/c1-12(2)11-27-19-10-15(6-7-16(19)13(3)4)24-18-8-5-14(20(25)26)9-17(18)23-21(24)22/h5-10,12-13H,11H2,1-4H3,(H2,22,23)(H,25,26). The largest absolute Gasteiger partial charge is 0.493 e. The number of rotatable bonds is 6. The number of carbonyl (C=O) groups is 1. The number of anilines is 1. The summed E-state index contributed by atoms with van der Waals surface area (Å²) in [5.41, 5.74) is 9.60. The van der Waals surface area contributed by atoms with Crippen LogP contribution in [0.2, 0.25) is 0 Å². The van der Waals surface area contributed by atoms with E-state index in [0.717, 1.165) is 22.5 Å². The summed E-state index contributed by atoms with van der Waals surface area (Å²) < 4.78 is 7.86. The van der Waals surface area contributed by atoms with Crippen LogP contribution < -0.4 is 10.5 Å². The van der Waals surface area contributed by atoms with E-state index in [9.17, 15) is 9.90 Å². The number of carboxylic acid groups (broad SMARTS) is 1. The third kappa shape index (κ3) is 3.74. The van der Waals surface area contributed by atoms with E-state index in [1.807, 2.05) is 22.8 Å². The topological polar surface area (TPSA) is 90.4 Å². The average Bonchev–Trinajstić information content (AvgIpc) is 2.94. The minimum Gasteiger partial charge on any atom is -0.493 e. The molecule has 0 aliphatic carbocycles. The smallest absolute Gasteiger partial charge is 0.335 e. The highest BCUT2D eigenvalue weighted by Gasteiger charge is 2.16. The first-order chi connectivity index (χ1) is 12.8. The summed E-state index contributed by atoms with van der Waals surface area (Å²) in [7, 11) is 0. The second-order valence-corrected chi connectivity index (χ2v) is 7.40. The number of hydrogen-bond donors (Lipinski definition) is 2. The van der Waals surface area contributed by atoms with Crippen molar-refractivity contribution in [2.24, 2.45) is 5.92 Å². The molecule has 0 aliphatic heterocycles. The van der Waals surface area contributed by atoms with Crippen LogP contribution in [0.3, 0.4) is 0 Å². The minimum absolute atomic E-state index is 0.184. The van der Waals surface area contributed by atoms with Crippen molar-refractivity contribution in [1.29, 1.82) is 0 Å². The number of imidazole rings is 1. The SMILES string of the molecule is CC(C)COc1cc(-n2c(N)nc3cc(C(=O)O)ccc32)ccc1C(C)C. The molecule has 142 valence electrons. The van der Waals surface area contributed by atoms with Crippen molar-refractivity contribution in [3.63, 3.8) is 0 Å². The van der Waals surface area contributed by atoms with Crippen LogP contribution >= 0.6 is 0 Å². The quantitative estimate of drug-likeness (QED) is 0.671. The minimum atomic E-state index is -0.990. The molecule has 27 heavy (non-hydrogen) atoms. The Kier molecular flexibility index (Phi) is 5.08. The van der Waals surface area contributed by atoms with Crippen molar-refractivity contribution in [3.8, 4) is 11.4 Å². The molecule has 3 rings (SSSR count). The summed E-state index contributed by atoms with van der Waals surface area (Å²) in [4.78, 5) is 15.5. The van der Waals surface area contributed by atoms with Gasteiger partial charge in [-0.05, 0) is 41.7 Å². The second-order valence-electron chi connectivity index (χ2n) is 7.40. The Morgan fingerprint density at radius 1 is 1.19 bits per heavy atom. The zero-order valence-corrected chi connectivity index (χ0v) is 16.1. The Bertz CT molecular complexity index is 990. The van der Waals surface area contributed by atoms with Crippen LogP contribution in [-0.2, 0) is 0 Å². The van der Waals surface area contributed by atoms with Gasteiger partial charge >= 0.3 is 5.97 Å². The van der Waals surface area contributed by atoms with Gasteiger partial charge in [0.25, 0.3) is 0 Å². The van der Waals surface area contributed by atoms with E-state index in [1.165, 1.54) is 6.07 Å². The molecule has 6 nitrogen and oxygen atoms in total. The predicted molar refractivity (Wildman–Crippen MR) is 107 cm³/mol. The number of fused-ring (bicyclic) bond motifs is 1. The normalized spacial score (nSPS) is 11.5. The van der Waals surface area contributed by atoms with E-state index in [-0.39, 0.29) is 5.56 Å². The lowest BCUT2D eigenvalue weighted by atomic mass is 10.0. The Labute approximate surface area is 158 Å². The first-order valence-electron chi connectivity index (χ1n) is 9.06. The third-order valence-electron chi connectivity index (χ3n) is 4.38. The van der Waals surface area contributed by atoms with Crippen LogP contribution in [0.5, 0.6) is 5.75 Å². The van der Waals surface area contributed by atoms with Gasteiger partial charge in [-0.15, -0.1) is 0 Å². The fourth-order valence-corrected chi connectivity index (χ4v) is 3.02. The average molecular weight is 367 g/mol. The van der Waals surface area contributed by atoms with Gasteiger partial charge in [0.1, 0.15) is 5.75 Å². The fourth-order valence-electron chi connectivity index (χ4n) is 3.02. The van der Waals surface area contributed by atoms with Gasteiger partial charge in [-0.3, -0.25) is 4.57 Å². The summed E-state index contributed by atoms with van der Waals surface area (Å²) in [6, 6.07) is 10.8. The lowest BCUT2D eigenvalue weighted by Crippen LogP contribution is -2.08. The van der Waals surface area contributed by atoms with E-state index in [2.05, 4.69) is 32.7 Å². The summed E-state index contributed by atoms with van der Waals surface area (Å²) in [6.45, 7) is 9.11. The number of hydrogen-bond acceptors (Lipinski definition) is 4. The monoisotopic (exact) mass is 367 g/mol. The van der Waals surface area contributed by atoms with Crippen molar-refractivity contribution in [2.75, 3.05) is 12.3 Å². The molecule has 1 heterocycles. The van der Waals surface area contributed by atoms with Gasteiger partial charge in [-0.2, -0.15) is 0 Å². The van der Waals surface area contributed by atoms with Gasteiger partial charge in [0, 0.05) is 6.07 Å². The molecule has 0 saturated carbocycles. The molecule has 0 fully saturated rings. The van der Waals surface area contributed by atoms with E-state index >= 15 is 0 Å². The van der Waals surface area contributed by atoms with Crippen LogP contribution in [0.4, 0.5) is 5.95 Å². The highest BCUT2D eigenvalue weighted by Crippen LogP contribution is 2.32. The van der Waals surface area contributed by atoms with E-state index in [1.54, 1.807) is 12.1 Å². The molecule has 0 bridgehead atoms. The molecule has 1 aromatic heterocycles. The summed E-state index contributed by atoms with van der Waals surface area (Å²) >= 11 is 0. The Morgan fingerprint density at radius 3 is 2.56 bits per heavy atom. The summed E-state index contributed by atoms with van der Waals surface area (Å²) in [5, 5.41) is 9.18. The lowest BCUT2D eigenvalue weighted by Gasteiger charge is -2.17. The molecule has 0 amide bonds. The molecule has 6 heteroatoms. The van der Waals surface area contributed by atoms with Crippen molar-refractivity contribution in [1.82, 2.24) is 9.55 Å². The molecule has 0 aliphatic rings. The molecule has 2 aromatic carbocycles. The van der Waals surface area contributed by atoms with Crippen LogP contribution in [0, 0.1) is 5.92 Å². The number of benzene rings is 2. The summed E-state index contributed by atoms with van der Waals surface area (Å²) in [5.74, 6) is 0.897. The molecule has 0 atom stereocenters. The number of aromatic carboxylic acids is 1. The van der Waals surface area contributed by atoms with Crippen LogP contribution in [0.25, 0.3) is 16.7 Å². The lowest BCUT2D eigenvalue weighted by molar-refractivity contribution is 0.0697. The zero-order chi connectivity index (χ0) is 19.7. The van der Waals surface area contributed by atoms with Gasteiger partial charge in [0.05, 0.1) is 28.9 Å². The highest BCUT2D eigenvalue weighted by atomic mass is 16.5. The van der Waals surface area contributed by atoms with Crippen molar-refractivity contribution < 1.29 is 14.6 Å². The van der Waals surface area contributed by atoms with Gasteiger partial charge in [0.15, 0.2) is 0 Å². The van der Waals surface area contributed by atoms with Crippen LogP contribution in [0.15, 0.2) is 36.4 Å². The van der Waals surface area contributed by atoms with Gasteiger partial charge in [0.2, 0.25) is 5.95 Å². The molecular weight excluding hydrogens is 342 g/mol. The number of nitrogens with two attached hydrogens (primary N) is 1. The van der Waals surface area contributed by atoms with E-state index in [4.69, 9.17) is 10.5 Å². The third-order valence-corrected chi connectivity index (χ3v) is 4.38. The molecule has 3 aromatic rings. The van der Waals surface area contributed by atoms with Gasteiger partial charge in [-0.25, -0.2) is 9.78 Å². The number of nitrogens with zero attached hydrogens (tertiary/aromatic N) is 2. The van der Waals surface area contributed by atoms with Crippen molar-refractivity contribution in [3.05, 3.63) is 47.5 Å². The Morgan fingerprint density at radius 2 is 1.93 bits per heavy atom. The molecule has 0 unspecified atom stereocenters. The van der Waals surface area contributed by atoms with Crippen molar-refractivity contribution in [2.45, 2.75) is 33.6 Å². The Balaban J connectivity index is 2.11. The van der Waals surface area contributed by atoms with Gasteiger partial charge in [-0.1, -0.05) is 33.8 Å². The molecule has 0 radical (unpaired) electrons. The maximum atomic E-state index is 11.2. The van der Waals surface area contributed by atoms with Gasteiger partial charge < -0.3 is 15.6 Å². The van der Waals surface area contributed by atoms with Crippen LogP contribution in [-0.4, -0.2) is 27.2 Å². The Hall–Kier alpha value is -3.02.